The molecule has 180 valence electrons. The highest BCUT2D eigenvalue weighted by atomic mass is 16.5. The molecule has 0 saturated heterocycles. The van der Waals surface area contributed by atoms with Gasteiger partial charge in [0.15, 0.2) is 6.29 Å². The van der Waals surface area contributed by atoms with Gasteiger partial charge in [-0.15, -0.1) is 0 Å². The third kappa shape index (κ3) is 3.01. The van der Waals surface area contributed by atoms with Crippen LogP contribution >= 0.6 is 0 Å². The molecule has 0 amide bonds. The van der Waals surface area contributed by atoms with Crippen LogP contribution in [-0.2, 0) is 9.53 Å². The van der Waals surface area contributed by atoms with Crippen molar-refractivity contribution in [2.24, 2.45) is 33.5 Å². The largest absolute Gasteiger partial charge is 0.462 e. The van der Waals surface area contributed by atoms with Crippen LogP contribution in [-0.4, -0.2) is 23.3 Å². The van der Waals surface area contributed by atoms with Crippen LogP contribution in [0.3, 0.4) is 0 Å². The van der Waals surface area contributed by atoms with Crippen molar-refractivity contribution >= 4 is 12.3 Å². The van der Waals surface area contributed by atoms with Crippen LogP contribution in [0.1, 0.15) is 108 Å². The van der Waals surface area contributed by atoms with E-state index in [9.17, 15) is 9.59 Å². The van der Waals surface area contributed by atoms with Gasteiger partial charge in [-0.1, -0.05) is 46.3 Å². The number of hydrogen-bond donors (Lipinski definition) is 1. The number of carbonyl (C=O) groups is 2. The molecule has 4 heteroatoms. The molecule has 4 aliphatic carbocycles. The molecule has 0 spiro atoms. The lowest BCUT2D eigenvalue weighted by Gasteiger charge is -2.64. The predicted octanol–water partition coefficient (Wildman–Crippen LogP) is 6.83. The second kappa shape index (κ2) is 7.33. The Kier molecular flexibility index (Phi) is 5.09. The number of fused-ring (bicyclic) bond motifs is 5. The van der Waals surface area contributed by atoms with E-state index in [2.05, 4.69) is 57.9 Å². The van der Waals surface area contributed by atoms with Crippen molar-refractivity contribution in [2.45, 2.75) is 98.5 Å². The highest BCUT2D eigenvalue weighted by Gasteiger charge is 2.65. The first-order valence-electron chi connectivity index (χ1n) is 13.0. The van der Waals surface area contributed by atoms with E-state index < -0.39 is 0 Å². The van der Waals surface area contributed by atoms with Gasteiger partial charge in [0.2, 0.25) is 0 Å². The summed E-state index contributed by atoms with van der Waals surface area (Å²) in [5.41, 5.74) is 4.36. The fourth-order valence-corrected chi connectivity index (χ4v) is 9.32. The Bertz CT molecular complexity index is 1000. The van der Waals surface area contributed by atoms with E-state index in [4.69, 9.17) is 4.74 Å². The number of aldehydes is 1. The molecular formula is C29H41NO3. The lowest BCUT2D eigenvalue weighted by Crippen LogP contribution is -2.58. The van der Waals surface area contributed by atoms with Crippen LogP contribution in [0, 0.1) is 33.5 Å². The summed E-state index contributed by atoms with van der Waals surface area (Å²) in [6, 6.07) is 2.08. The first-order chi connectivity index (χ1) is 15.5. The number of hydrogen-bond acceptors (Lipinski definition) is 3. The maximum Gasteiger partial charge on any atom is 0.302 e. The highest BCUT2D eigenvalue weighted by Crippen LogP contribution is 2.74. The summed E-state index contributed by atoms with van der Waals surface area (Å²) in [5, 5.41) is 0. The zero-order valence-corrected chi connectivity index (χ0v) is 21.3. The molecule has 3 saturated carbocycles. The average Bonchev–Trinajstić information content (AvgIpc) is 3.32. The standard InChI is InChI=1S/C29H41NO3/c1-18(32)33-25-11-12-27(4)22-10-14-28(5)21(19-15-20(17-31)30-16-19)9-13-29(28,6)23(22)7-8-24(27)26(25,2)3/h7,15-17,21-22,24-25,30H,8-14H2,1-6H3. The number of allylic oxidation sites excluding steroid dienone is 2. The van der Waals surface area contributed by atoms with Crippen molar-refractivity contribution in [3.05, 3.63) is 35.2 Å². The molecule has 0 aromatic carbocycles. The van der Waals surface area contributed by atoms with Crippen LogP contribution in [0.25, 0.3) is 0 Å². The lowest BCUT2D eigenvalue weighted by atomic mass is 9.41. The van der Waals surface area contributed by atoms with E-state index in [1.807, 2.05) is 0 Å². The van der Waals surface area contributed by atoms with E-state index in [0.29, 0.717) is 23.4 Å². The summed E-state index contributed by atoms with van der Waals surface area (Å²) in [6.07, 6.45) is 13.7. The maximum atomic E-state index is 11.8. The van der Waals surface area contributed by atoms with Crippen LogP contribution in [0.5, 0.6) is 0 Å². The topological polar surface area (TPSA) is 59.2 Å². The van der Waals surface area contributed by atoms with Crippen molar-refractivity contribution < 1.29 is 14.3 Å². The summed E-state index contributed by atoms with van der Waals surface area (Å²) in [7, 11) is 0. The molecule has 1 aromatic rings. The number of nitrogens with one attached hydrogen (secondary N) is 1. The molecule has 7 unspecified atom stereocenters. The van der Waals surface area contributed by atoms with Crippen molar-refractivity contribution in [1.29, 1.82) is 0 Å². The number of aromatic amines is 1. The van der Waals surface area contributed by atoms with Gasteiger partial charge >= 0.3 is 5.97 Å². The molecule has 1 aromatic heterocycles. The van der Waals surface area contributed by atoms with Gasteiger partial charge < -0.3 is 9.72 Å². The Hall–Kier alpha value is -1.84. The fourth-order valence-electron chi connectivity index (χ4n) is 9.32. The zero-order valence-electron chi connectivity index (χ0n) is 21.3. The molecule has 7 atom stereocenters. The quantitative estimate of drug-likeness (QED) is 0.311. The van der Waals surface area contributed by atoms with Crippen LogP contribution in [0.2, 0.25) is 0 Å². The Labute approximate surface area is 198 Å². The number of H-pyrrole nitrogens is 1. The van der Waals surface area contributed by atoms with Crippen LogP contribution in [0.15, 0.2) is 23.9 Å². The maximum absolute atomic E-state index is 11.8. The van der Waals surface area contributed by atoms with Crippen molar-refractivity contribution in [1.82, 2.24) is 4.98 Å². The second-order valence-corrected chi connectivity index (χ2v) is 12.8. The van der Waals surface area contributed by atoms with E-state index in [0.717, 1.165) is 25.5 Å². The minimum Gasteiger partial charge on any atom is -0.462 e. The van der Waals surface area contributed by atoms with Gasteiger partial charge in [-0.3, -0.25) is 9.59 Å². The molecule has 0 aliphatic heterocycles. The Morgan fingerprint density at radius 1 is 1.06 bits per heavy atom. The van der Waals surface area contributed by atoms with Gasteiger partial charge in [-0.25, -0.2) is 0 Å². The van der Waals surface area contributed by atoms with Gasteiger partial charge in [0.25, 0.3) is 0 Å². The number of carbonyl (C=O) groups excluding carboxylic acids is 2. The molecule has 4 aliphatic rings. The molecule has 0 bridgehead atoms. The molecular weight excluding hydrogens is 410 g/mol. The van der Waals surface area contributed by atoms with Crippen molar-refractivity contribution in [3.8, 4) is 0 Å². The number of esters is 1. The van der Waals surface area contributed by atoms with E-state index in [-0.39, 0.29) is 33.7 Å². The van der Waals surface area contributed by atoms with Gasteiger partial charge in [0.05, 0.1) is 5.69 Å². The Balaban J connectivity index is 1.50. The fraction of sp³-hybridized carbons (Fsp3) is 0.724. The molecule has 3 fully saturated rings. The SMILES string of the molecule is CC(=O)OC1CCC2(C)C3CCC4(C)C(c5c[nH]c(C=O)c5)CCC4(C)C3=CCC2C1(C)C. The normalized spacial score (nSPS) is 43.6. The monoisotopic (exact) mass is 451 g/mol. The van der Waals surface area contributed by atoms with Gasteiger partial charge in [-0.2, -0.15) is 0 Å². The van der Waals surface area contributed by atoms with E-state index in [1.165, 1.54) is 31.2 Å². The third-order valence-electron chi connectivity index (χ3n) is 11.3. The molecule has 4 nitrogen and oxygen atoms in total. The Morgan fingerprint density at radius 2 is 1.79 bits per heavy atom. The highest BCUT2D eigenvalue weighted by molar-refractivity contribution is 5.72. The molecule has 1 heterocycles. The summed E-state index contributed by atoms with van der Waals surface area (Å²) in [4.78, 5) is 26.2. The zero-order chi connectivity index (χ0) is 23.8. The molecule has 5 rings (SSSR count). The van der Waals surface area contributed by atoms with Crippen LogP contribution in [0.4, 0.5) is 0 Å². The molecule has 1 N–H and O–H groups in total. The average molecular weight is 452 g/mol. The lowest BCUT2D eigenvalue weighted by molar-refractivity contribution is -0.174. The third-order valence-corrected chi connectivity index (χ3v) is 11.3. The van der Waals surface area contributed by atoms with Gasteiger partial charge in [0.1, 0.15) is 6.10 Å². The molecule has 0 radical (unpaired) electrons. The summed E-state index contributed by atoms with van der Waals surface area (Å²) >= 11 is 0. The van der Waals surface area contributed by atoms with E-state index >= 15 is 0 Å². The molecule has 33 heavy (non-hydrogen) atoms. The minimum absolute atomic E-state index is 0.0169. The van der Waals surface area contributed by atoms with Crippen molar-refractivity contribution in [3.63, 3.8) is 0 Å². The number of ether oxygens (including phenoxy) is 1. The number of rotatable bonds is 3. The second-order valence-electron chi connectivity index (χ2n) is 12.8. The summed E-state index contributed by atoms with van der Waals surface area (Å²) < 4.78 is 5.83. The number of aromatic nitrogens is 1. The first-order valence-corrected chi connectivity index (χ1v) is 13.0. The predicted molar refractivity (Wildman–Crippen MR) is 130 cm³/mol. The van der Waals surface area contributed by atoms with Crippen LogP contribution < -0.4 is 0 Å². The smallest absolute Gasteiger partial charge is 0.302 e. The van der Waals surface area contributed by atoms with Gasteiger partial charge in [-0.05, 0) is 90.6 Å². The van der Waals surface area contributed by atoms with Gasteiger partial charge in [0, 0.05) is 18.5 Å². The Morgan fingerprint density at radius 3 is 2.45 bits per heavy atom. The summed E-state index contributed by atoms with van der Waals surface area (Å²) in [6.45, 7) is 13.8. The van der Waals surface area contributed by atoms with E-state index in [1.54, 1.807) is 12.5 Å². The van der Waals surface area contributed by atoms with Crippen molar-refractivity contribution in [2.75, 3.05) is 0 Å². The summed E-state index contributed by atoms with van der Waals surface area (Å²) in [5.74, 6) is 1.49. The minimum atomic E-state index is -0.149. The first kappa shape index (κ1) is 22.9.